The first-order valence-electron chi connectivity index (χ1n) is 5.33. The molecule has 1 saturated heterocycles. The zero-order valence-electron chi connectivity index (χ0n) is 9.70. The first-order chi connectivity index (χ1) is 7.98. The van der Waals surface area contributed by atoms with Crippen molar-refractivity contribution in [2.75, 3.05) is 30.3 Å². The fourth-order valence-electron chi connectivity index (χ4n) is 1.72. The second-order valence-corrected chi connectivity index (χ2v) is 6.37. The predicted molar refractivity (Wildman–Crippen MR) is 72.7 cm³/mol. The van der Waals surface area contributed by atoms with Crippen molar-refractivity contribution in [3.05, 3.63) is 29.8 Å². The van der Waals surface area contributed by atoms with Crippen molar-refractivity contribution in [3.8, 4) is 0 Å². The summed E-state index contributed by atoms with van der Waals surface area (Å²) in [5.41, 5.74) is 6.68. The van der Waals surface area contributed by atoms with Gasteiger partial charge in [-0.2, -0.15) is 0 Å². The van der Waals surface area contributed by atoms with E-state index in [4.69, 9.17) is 5.73 Å². The minimum atomic E-state index is -2.95. The van der Waals surface area contributed by atoms with E-state index in [1.54, 1.807) is 29.2 Å². The summed E-state index contributed by atoms with van der Waals surface area (Å²) < 4.78 is 22.5. The number of anilines is 1. The third kappa shape index (κ3) is 3.36. The van der Waals surface area contributed by atoms with Crippen LogP contribution in [-0.4, -0.2) is 43.8 Å². The molecule has 1 aliphatic heterocycles. The summed E-state index contributed by atoms with van der Waals surface area (Å²) >= 11 is 0. The van der Waals surface area contributed by atoms with Gasteiger partial charge >= 0.3 is 0 Å². The lowest BCUT2D eigenvalue weighted by atomic mass is 10.2. The molecule has 1 aliphatic rings. The van der Waals surface area contributed by atoms with E-state index in [-0.39, 0.29) is 42.9 Å². The van der Waals surface area contributed by atoms with Gasteiger partial charge < -0.3 is 10.6 Å². The van der Waals surface area contributed by atoms with E-state index < -0.39 is 9.84 Å². The number of benzene rings is 1. The van der Waals surface area contributed by atoms with E-state index in [2.05, 4.69) is 0 Å². The number of halogens is 1. The lowest BCUT2D eigenvalue weighted by Gasteiger charge is -2.26. The summed E-state index contributed by atoms with van der Waals surface area (Å²) in [7, 11) is -2.95. The highest BCUT2D eigenvalue weighted by atomic mass is 35.5. The maximum atomic E-state index is 12.0. The molecule has 0 radical (unpaired) electrons. The average molecular weight is 291 g/mol. The minimum Gasteiger partial charge on any atom is -0.399 e. The van der Waals surface area contributed by atoms with Gasteiger partial charge in [0.2, 0.25) is 0 Å². The largest absolute Gasteiger partial charge is 0.399 e. The summed E-state index contributed by atoms with van der Waals surface area (Å²) in [5, 5.41) is 0. The topological polar surface area (TPSA) is 80.5 Å². The van der Waals surface area contributed by atoms with Gasteiger partial charge in [0.05, 0.1) is 11.5 Å². The van der Waals surface area contributed by atoms with E-state index in [1.165, 1.54) is 0 Å². The Balaban J connectivity index is 0.00000162. The van der Waals surface area contributed by atoms with E-state index in [0.717, 1.165) is 0 Å². The molecule has 1 fully saturated rings. The van der Waals surface area contributed by atoms with Gasteiger partial charge in [0, 0.05) is 24.3 Å². The summed E-state index contributed by atoms with van der Waals surface area (Å²) in [6.07, 6.45) is 0. The molecule has 18 heavy (non-hydrogen) atoms. The molecule has 0 bridgehead atoms. The van der Waals surface area contributed by atoms with Crippen molar-refractivity contribution in [2.45, 2.75) is 0 Å². The number of amides is 1. The van der Waals surface area contributed by atoms with Crippen LogP contribution in [0.3, 0.4) is 0 Å². The molecular formula is C11H15ClN2O3S. The second kappa shape index (κ2) is 5.58. The van der Waals surface area contributed by atoms with Gasteiger partial charge in [0.1, 0.15) is 0 Å². The molecular weight excluding hydrogens is 276 g/mol. The second-order valence-electron chi connectivity index (χ2n) is 4.07. The zero-order valence-corrected chi connectivity index (χ0v) is 11.3. The molecule has 1 aromatic carbocycles. The number of hydrogen-bond acceptors (Lipinski definition) is 4. The summed E-state index contributed by atoms with van der Waals surface area (Å²) in [4.78, 5) is 13.6. The lowest BCUT2D eigenvalue weighted by molar-refractivity contribution is 0.0770. The molecule has 0 aromatic heterocycles. The number of rotatable bonds is 1. The molecule has 7 heteroatoms. The minimum absolute atomic E-state index is 0. The van der Waals surface area contributed by atoms with Gasteiger partial charge in [-0.05, 0) is 24.3 Å². The van der Waals surface area contributed by atoms with E-state index in [9.17, 15) is 13.2 Å². The van der Waals surface area contributed by atoms with Crippen LogP contribution >= 0.6 is 12.4 Å². The Morgan fingerprint density at radius 2 is 1.61 bits per heavy atom. The number of hydrogen-bond donors (Lipinski definition) is 1. The molecule has 1 heterocycles. The molecule has 5 nitrogen and oxygen atoms in total. The first kappa shape index (κ1) is 14.8. The van der Waals surface area contributed by atoms with Gasteiger partial charge in [0.15, 0.2) is 9.84 Å². The monoisotopic (exact) mass is 290 g/mol. The molecule has 100 valence electrons. The van der Waals surface area contributed by atoms with Crippen molar-refractivity contribution < 1.29 is 13.2 Å². The number of carbonyl (C=O) groups is 1. The standard InChI is InChI=1S/C11H14N2O3S.ClH/c12-10-3-1-9(2-4-10)11(14)13-5-7-17(15,16)8-6-13;/h1-4H,5-8,12H2;1H. The maximum Gasteiger partial charge on any atom is 0.253 e. The summed E-state index contributed by atoms with van der Waals surface area (Å²) in [5.74, 6) is -0.0403. The highest BCUT2D eigenvalue weighted by molar-refractivity contribution is 7.91. The molecule has 1 amide bonds. The van der Waals surface area contributed by atoms with Crippen molar-refractivity contribution in [1.29, 1.82) is 0 Å². The van der Waals surface area contributed by atoms with Crippen LogP contribution in [0.15, 0.2) is 24.3 Å². The Morgan fingerprint density at radius 1 is 1.11 bits per heavy atom. The number of carbonyl (C=O) groups excluding carboxylic acids is 1. The SMILES string of the molecule is Cl.Nc1ccc(C(=O)N2CCS(=O)(=O)CC2)cc1. The van der Waals surface area contributed by atoms with Crippen LogP contribution in [0, 0.1) is 0 Å². The Morgan fingerprint density at radius 3 is 2.11 bits per heavy atom. The molecule has 1 aromatic rings. The Kier molecular flexibility index (Phi) is 4.59. The smallest absolute Gasteiger partial charge is 0.253 e. The lowest BCUT2D eigenvalue weighted by Crippen LogP contribution is -2.43. The first-order valence-corrected chi connectivity index (χ1v) is 7.15. The Labute approximate surface area is 112 Å². The fourth-order valence-corrected chi connectivity index (χ4v) is 2.93. The molecule has 2 rings (SSSR count). The Hall–Kier alpha value is -1.27. The summed E-state index contributed by atoms with van der Waals surface area (Å²) in [6.45, 7) is 0.539. The van der Waals surface area contributed by atoms with Crippen molar-refractivity contribution >= 4 is 33.8 Å². The highest BCUT2D eigenvalue weighted by Crippen LogP contribution is 2.11. The van der Waals surface area contributed by atoms with Gasteiger partial charge in [-0.3, -0.25) is 4.79 Å². The van der Waals surface area contributed by atoms with Gasteiger partial charge in [-0.15, -0.1) is 12.4 Å². The number of nitrogen functional groups attached to an aromatic ring is 1. The third-order valence-corrected chi connectivity index (χ3v) is 4.40. The average Bonchev–Trinajstić information content (AvgIpc) is 2.29. The van der Waals surface area contributed by atoms with Crippen LogP contribution in [-0.2, 0) is 9.84 Å². The van der Waals surface area contributed by atoms with E-state index >= 15 is 0 Å². The highest BCUT2D eigenvalue weighted by Gasteiger charge is 2.25. The van der Waals surface area contributed by atoms with Crippen molar-refractivity contribution in [1.82, 2.24) is 4.90 Å². The van der Waals surface area contributed by atoms with Gasteiger partial charge in [-0.25, -0.2) is 8.42 Å². The van der Waals surface area contributed by atoms with Crippen LogP contribution in [0.25, 0.3) is 0 Å². The van der Waals surface area contributed by atoms with E-state index in [1.807, 2.05) is 0 Å². The maximum absolute atomic E-state index is 12.0. The molecule has 0 unspecified atom stereocenters. The van der Waals surface area contributed by atoms with Crippen LogP contribution in [0.4, 0.5) is 5.69 Å². The summed E-state index contributed by atoms with van der Waals surface area (Å²) in [6, 6.07) is 6.63. The normalized spacial score (nSPS) is 17.9. The molecule has 0 spiro atoms. The van der Waals surface area contributed by atoms with Crippen LogP contribution in [0.1, 0.15) is 10.4 Å². The van der Waals surface area contributed by atoms with Gasteiger partial charge in [0.25, 0.3) is 5.91 Å². The number of nitrogens with zero attached hydrogens (tertiary/aromatic N) is 1. The predicted octanol–water partition coefficient (Wildman–Crippen LogP) is 0.561. The molecule has 0 aliphatic carbocycles. The Bertz CT molecular complexity index is 514. The number of nitrogens with two attached hydrogens (primary N) is 1. The van der Waals surface area contributed by atoms with Crippen LogP contribution in [0.2, 0.25) is 0 Å². The third-order valence-electron chi connectivity index (χ3n) is 2.79. The van der Waals surface area contributed by atoms with Crippen LogP contribution < -0.4 is 5.73 Å². The molecule has 0 atom stereocenters. The van der Waals surface area contributed by atoms with Crippen molar-refractivity contribution in [3.63, 3.8) is 0 Å². The van der Waals surface area contributed by atoms with Gasteiger partial charge in [-0.1, -0.05) is 0 Å². The quantitative estimate of drug-likeness (QED) is 0.767. The molecule has 2 N–H and O–H groups in total. The van der Waals surface area contributed by atoms with Crippen molar-refractivity contribution in [2.24, 2.45) is 0 Å². The number of sulfone groups is 1. The zero-order chi connectivity index (χ0) is 12.5. The molecule has 0 saturated carbocycles. The van der Waals surface area contributed by atoms with E-state index in [0.29, 0.717) is 11.3 Å². The fraction of sp³-hybridized carbons (Fsp3) is 0.364. The van der Waals surface area contributed by atoms with Crippen LogP contribution in [0.5, 0.6) is 0 Å².